The Morgan fingerprint density at radius 1 is 1.31 bits per heavy atom. The number of hydrogen-bond donors (Lipinski definition) is 3. The normalized spacial score (nSPS) is 14.4. The Labute approximate surface area is 155 Å². The molecule has 0 heterocycles. The third-order valence-corrected chi connectivity index (χ3v) is 4.10. The van der Waals surface area contributed by atoms with E-state index in [1.807, 2.05) is 20.8 Å². The summed E-state index contributed by atoms with van der Waals surface area (Å²) in [6.07, 6.45) is 0.0735. The molecule has 0 aromatic rings. The number of ether oxygens (including phenoxy) is 2. The SMILES string of the molecule is CC(CCN=[N+]=[N-])OCCC(C)(C)OCCNC(=O)[C@H](O)C(C)(C)CO. The highest BCUT2D eigenvalue weighted by Crippen LogP contribution is 2.19. The van der Waals surface area contributed by atoms with Gasteiger partial charge in [-0.2, -0.15) is 0 Å². The zero-order valence-corrected chi connectivity index (χ0v) is 16.6. The lowest BCUT2D eigenvalue weighted by atomic mass is 9.87. The maximum absolute atomic E-state index is 11.9. The molecule has 0 aliphatic heterocycles. The monoisotopic (exact) mass is 374 g/mol. The molecule has 0 radical (unpaired) electrons. The minimum absolute atomic E-state index is 0.00644. The first-order chi connectivity index (χ1) is 12.1. The molecule has 0 rings (SSSR count). The van der Waals surface area contributed by atoms with E-state index in [1.165, 1.54) is 0 Å². The third-order valence-electron chi connectivity index (χ3n) is 4.10. The van der Waals surface area contributed by atoms with Gasteiger partial charge >= 0.3 is 0 Å². The molecule has 3 N–H and O–H groups in total. The highest BCUT2D eigenvalue weighted by Gasteiger charge is 2.32. The minimum atomic E-state index is -1.28. The fourth-order valence-electron chi connectivity index (χ4n) is 1.99. The lowest BCUT2D eigenvalue weighted by Crippen LogP contribution is -2.46. The number of azide groups is 1. The summed E-state index contributed by atoms with van der Waals surface area (Å²) in [5.41, 5.74) is 6.92. The number of nitrogens with one attached hydrogen (secondary N) is 1. The van der Waals surface area contributed by atoms with Crippen LogP contribution >= 0.6 is 0 Å². The highest BCUT2D eigenvalue weighted by molar-refractivity contribution is 5.81. The van der Waals surface area contributed by atoms with Crippen LogP contribution in [0.15, 0.2) is 5.11 Å². The second kappa shape index (κ2) is 12.1. The predicted molar refractivity (Wildman–Crippen MR) is 98.6 cm³/mol. The van der Waals surface area contributed by atoms with Crippen molar-refractivity contribution in [3.8, 4) is 0 Å². The summed E-state index contributed by atoms with van der Waals surface area (Å²) in [7, 11) is 0. The zero-order valence-electron chi connectivity index (χ0n) is 16.6. The van der Waals surface area contributed by atoms with Crippen molar-refractivity contribution < 1.29 is 24.5 Å². The Morgan fingerprint density at radius 3 is 2.54 bits per heavy atom. The number of carbonyl (C=O) groups excluding carboxylic acids is 1. The van der Waals surface area contributed by atoms with Crippen LogP contribution in [0.2, 0.25) is 0 Å². The van der Waals surface area contributed by atoms with Crippen molar-refractivity contribution in [2.75, 3.05) is 32.9 Å². The summed E-state index contributed by atoms with van der Waals surface area (Å²) >= 11 is 0. The van der Waals surface area contributed by atoms with Gasteiger partial charge in [0.25, 0.3) is 0 Å². The number of hydrogen-bond acceptors (Lipinski definition) is 6. The summed E-state index contributed by atoms with van der Waals surface area (Å²) in [5, 5.41) is 25.1. The molecule has 0 aliphatic rings. The van der Waals surface area contributed by atoms with Crippen LogP contribution in [0.3, 0.4) is 0 Å². The van der Waals surface area contributed by atoms with Crippen molar-refractivity contribution >= 4 is 5.91 Å². The van der Waals surface area contributed by atoms with Crippen molar-refractivity contribution in [1.82, 2.24) is 5.32 Å². The molecule has 0 saturated carbocycles. The quantitative estimate of drug-likeness (QED) is 0.184. The fourth-order valence-corrected chi connectivity index (χ4v) is 1.99. The zero-order chi connectivity index (χ0) is 20.2. The van der Waals surface area contributed by atoms with Gasteiger partial charge in [-0.15, -0.1) is 0 Å². The van der Waals surface area contributed by atoms with E-state index in [4.69, 9.17) is 15.0 Å². The van der Waals surface area contributed by atoms with Gasteiger partial charge in [-0.05, 0) is 39.1 Å². The molecule has 9 heteroatoms. The number of rotatable bonds is 14. The Kier molecular flexibility index (Phi) is 11.4. The molecule has 0 bridgehead atoms. The topological polar surface area (TPSA) is 137 Å². The van der Waals surface area contributed by atoms with E-state index in [0.29, 0.717) is 32.6 Å². The van der Waals surface area contributed by atoms with Crippen LogP contribution in [-0.2, 0) is 14.3 Å². The minimum Gasteiger partial charge on any atom is -0.396 e. The van der Waals surface area contributed by atoms with Crippen LogP contribution in [0.25, 0.3) is 10.4 Å². The van der Waals surface area contributed by atoms with Crippen molar-refractivity contribution in [3.63, 3.8) is 0 Å². The Morgan fingerprint density at radius 2 is 1.96 bits per heavy atom. The summed E-state index contributed by atoms with van der Waals surface area (Å²) in [4.78, 5) is 14.6. The highest BCUT2D eigenvalue weighted by atomic mass is 16.5. The van der Waals surface area contributed by atoms with E-state index in [2.05, 4.69) is 15.3 Å². The summed E-state index contributed by atoms with van der Waals surface area (Å²) in [5.74, 6) is -0.525. The standard InChI is InChI=1S/C17H34N4O5/c1-13(6-8-20-21-18)25-10-7-17(4,5)26-11-9-19-15(24)14(23)16(2,3)12-22/h13-14,22-23H,6-12H2,1-5H3,(H,19,24)/t13?,14-/m0/s1. The molecule has 0 spiro atoms. The van der Waals surface area contributed by atoms with Gasteiger partial charge < -0.3 is 25.0 Å². The van der Waals surface area contributed by atoms with Crippen LogP contribution in [0.5, 0.6) is 0 Å². The summed E-state index contributed by atoms with van der Waals surface area (Å²) in [6.45, 7) is 10.2. The third kappa shape index (κ3) is 10.6. The number of carbonyl (C=O) groups is 1. The van der Waals surface area contributed by atoms with Gasteiger partial charge in [0.1, 0.15) is 6.10 Å². The smallest absolute Gasteiger partial charge is 0.249 e. The first-order valence-corrected chi connectivity index (χ1v) is 8.89. The van der Waals surface area contributed by atoms with Crippen LogP contribution in [0.1, 0.15) is 47.5 Å². The van der Waals surface area contributed by atoms with Gasteiger partial charge in [0.05, 0.1) is 24.9 Å². The maximum atomic E-state index is 11.9. The molecule has 0 aliphatic carbocycles. The van der Waals surface area contributed by atoms with E-state index in [-0.39, 0.29) is 19.3 Å². The molecule has 2 atom stereocenters. The molecule has 1 amide bonds. The maximum Gasteiger partial charge on any atom is 0.249 e. The lowest BCUT2D eigenvalue weighted by Gasteiger charge is -2.28. The van der Waals surface area contributed by atoms with Gasteiger partial charge in [-0.25, -0.2) is 0 Å². The van der Waals surface area contributed by atoms with Gasteiger partial charge in [0.15, 0.2) is 0 Å². The van der Waals surface area contributed by atoms with E-state index >= 15 is 0 Å². The second-order valence-electron chi connectivity index (χ2n) is 7.62. The predicted octanol–water partition coefficient (Wildman–Crippen LogP) is 1.77. The van der Waals surface area contributed by atoms with Crippen LogP contribution in [-0.4, -0.2) is 66.8 Å². The van der Waals surface area contributed by atoms with Gasteiger partial charge in [-0.1, -0.05) is 19.0 Å². The molecule has 0 fully saturated rings. The average molecular weight is 374 g/mol. The van der Waals surface area contributed by atoms with Crippen LogP contribution in [0, 0.1) is 5.41 Å². The van der Waals surface area contributed by atoms with Crippen LogP contribution in [0.4, 0.5) is 0 Å². The average Bonchev–Trinajstić information content (AvgIpc) is 2.57. The summed E-state index contributed by atoms with van der Waals surface area (Å²) in [6, 6.07) is 0. The Balaban J connectivity index is 3.99. The number of amides is 1. The Bertz CT molecular complexity index is 464. The largest absolute Gasteiger partial charge is 0.396 e. The fraction of sp³-hybridized carbons (Fsp3) is 0.941. The van der Waals surface area contributed by atoms with E-state index < -0.39 is 23.0 Å². The second-order valence-corrected chi connectivity index (χ2v) is 7.62. The van der Waals surface area contributed by atoms with E-state index in [0.717, 1.165) is 0 Å². The molecule has 1 unspecified atom stereocenters. The molecule has 0 saturated heterocycles. The molecule has 0 aromatic carbocycles. The van der Waals surface area contributed by atoms with Gasteiger partial charge in [0.2, 0.25) is 5.91 Å². The van der Waals surface area contributed by atoms with Gasteiger partial charge in [0, 0.05) is 30.0 Å². The number of aliphatic hydroxyl groups is 2. The molecule has 26 heavy (non-hydrogen) atoms. The number of nitrogens with zero attached hydrogens (tertiary/aromatic N) is 3. The first-order valence-electron chi connectivity index (χ1n) is 8.89. The van der Waals surface area contributed by atoms with Gasteiger partial charge in [-0.3, -0.25) is 4.79 Å². The lowest BCUT2D eigenvalue weighted by molar-refractivity contribution is -0.137. The molecule has 9 nitrogen and oxygen atoms in total. The van der Waals surface area contributed by atoms with Crippen molar-refractivity contribution in [2.45, 2.75) is 65.3 Å². The summed E-state index contributed by atoms with van der Waals surface area (Å²) < 4.78 is 11.4. The van der Waals surface area contributed by atoms with E-state index in [1.54, 1.807) is 13.8 Å². The molecular formula is C17H34N4O5. The molecular weight excluding hydrogens is 340 g/mol. The van der Waals surface area contributed by atoms with Crippen molar-refractivity contribution in [3.05, 3.63) is 10.4 Å². The Hall–Kier alpha value is -1.38. The van der Waals surface area contributed by atoms with Crippen molar-refractivity contribution in [2.24, 2.45) is 10.5 Å². The van der Waals surface area contributed by atoms with Crippen molar-refractivity contribution in [1.29, 1.82) is 0 Å². The number of aliphatic hydroxyl groups excluding tert-OH is 2. The first kappa shape index (κ1) is 24.6. The van der Waals surface area contributed by atoms with Crippen LogP contribution < -0.4 is 5.32 Å². The van der Waals surface area contributed by atoms with E-state index in [9.17, 15) is 15.0 Å². The molecule has 152 valence electrons. The molecule has 0 aromatic heterocycles.